The Morgan fingerprint density at radius 2 is 1.60 bits per heavy atom. The van der Waals surface area contributed by atoms with Gasteiger partial charge in [0.25, 0.3) is 5.91 Å². The van der Waals surface area contributed by atoms with Crippen molar-refractivity contribution in [1.29, 1.82) is 0 Å². The van der Waals surface area contributed by atoms with E-state index in [1.165, 1.54) is 54.6 Å². The van der Waals surface area contributed by atoms with Gasteiger partial charge in [0.15, 0.2) is 0 Å². The smallest absolute Gasteiger partial charge is 0.465 e. The highest BCUT2D eigenvalue weighted by molar-refractivity contribution is 6.07. The molecule has 1 aliphatic rings. The van der Waals surface area contributed by atoms with Gasteiger partial charge in [-0.2, -0.15) is 0 Å². The molecule has 0 fully saturated rings. The van der Waals surface area contributed by atoms with Gasteiger partial charge < -0.3 is 24.4 Å². The van der Waals surface area contributed by atoms with Gasteiger partial charge in [-0.15, -0.1) is 13.2 Å². The first-order valence-corrected chi connectivity index (χ1v) is 9.95. The third kappa shape index (κ3) is 6.28. The van der Waals surface area contributed by atoms with Crippen LogP contribution in [-0.2, 0) is 19.1 Å². The van der Waals surface area contributed by atoms with Crippen molar-refractivity contribution in [3.63, 3.8) is 0 Å². The molecule has 182 valence electrons. The normalized spacial score (nSPS) is 13.2. The first-order chi connectivity index (χ1) is 16.6. The van der Waals surface area contributed by atoms with Gasteiger partial charge in [-0.05, 0) is 54.6 Å². The number of carbonyl (C=O) groups is 3. The maximum atomic E-state index is 12.8. The van der Waals surface area contributed by atoms with E-state index in [2.05, 4.69) is 10.1 Å². The van der Waals surface area contributed by atoms with Crippen LogP contribution in [0, 0.1) is 0 Å². The summed E-state index contributed by atoms with van der Waals surface area (Å²) in [6, 6.07) is 10.8. The topological polar surface area (TPSA) is 94.2 Å². The molecule has 0 aliphatic carbocycles. The summed E-state index contributed by atoms with van der Waals surface area (Å²) >= 11 is 0. The van der Waals surface area contributed by atoms with Crippen LogP contribution in [0.2, 0.25) is 0 Å². The minimum atomic E-state index is -4.83. The summed E-state index contributed by atoms with van der Waals surface area (Å²) < 4.78 is 50.4. The predicted octanol–water partition coefficient (Wildman–Crippen LogP) is 4.33. The number of rotatable bonds is 6. The van der Waals surface area contributed by atoms with Gasteiger partial charge in [-0.25, -0.2) is 9.59 Å². The van der Waals surface area contributed by atoms with E-state index < -0.39 is 30.0 Å². The molecule has 1 amide bonds. The molecule has 2 aromatic carbocycles. The molecule has 1 aliphatic heterocycles. The minimum Gasteiger partial charge on any atom is -0.465 e. The average Bonchev–Trinajstić information content (AvgIpc) is 3.06. The van der Waals surface area contributed by atoms with Gasteiger partial charge >= 0.3 is 18.3 Å². The van der Waals surface area contributed by atoms with Crippen LogP contribution in [0.4, 0.5) is 24.5 Å². The van der Waals surface area contributed by atoms with Crippen molar-refractivity contribution >= 4 is 29.2 Å². The van der Waals surface area contributed by atoms with Crippen molar-refractivity contribution < 1.29 is 41.8 Å². The molecule has 1 heterocycles. The zero-order chi connectivity index (χ0) is 25.6. The molecular weight excluding hydrogens is 469 g/mol. The van der Waals surface area contributed by atoms with E-state index in [0.29, 0.717) is 5.69 Å². The van der Waals surface area contributed by atoms with E-state index in [0.717, 1.165) is 19.2 Å². The molecule has 0 radical (unpaired) electrons. The standard InChI is InChI=1S/C24H19F3N2O6/c1-33-22(31)19-8-3-4-13-29(20(19)23(32)34-2)17-7-5-6-15(14-17)21(30)28-16-9-11-18(12-10-16)35-24(25,26)27/h3-14H,1-2H3,(H,28,30). The molecule has 0 atom stereocenters. The highest BCUT2D eigenvalue weighted by atomic mass is 19.4. The summed E-state index contributed by atoms with van der Waals surface area (Å²) in [6.07, 6.45) is 1.20. The third-order valence-corrected chi connectivity index (χ3v) is 4.62. The Labute approximate surface area is 197 Å². The first-order valence-electron chi connectivity index (χ1n) is 9.95. The highest BCUT2D eigenvalue weighted by Crippen LogP contribution is 2.28. The Kier molecular flexibility index (Phi) is 7.59. The van der Waals surface area contributed by atoms with Crippen LogP contribution in [0.5, 0.6) is 5.75 Å². The Hall–Kier alpha value is -4.54. The lowest BCUT2D eigenvalue weighted by atomic mass is 10.1. The van der Waals surface area contributed by atoms with Gasteiger partial charge in [-0.3, -0.25) is 4.79 Å². The number of hydrogen-bond acceptors (Lipinski definition) is 7. The minimum absolute atomic E-state index is 0.0552. The highest BCUT2D eigenvalue weighted by Gasteiger charge is 2.31. The van der Waals surface area contributed by atoms with Crippen molar-refractivity contribution in [3.8, 4) is 5.75 Å². The average molecular weight is 488 g/mol. The summed E-state index contributed by atoms with van der Waals surface area (Å²) in [4.78, 5) is 39.0. The van der Waals surface area contributed by atoms with Crippen LogP contribution in [0.15, 0.2) is 84.2 Å². The fourth-order valence-electron chi connectivity index (χ4n) is 3.11. The zero-order valence-electron chi connectivity index (χ0n) is 18.5. The summed E-state index contributed by atoms with van der Waals surface area (Å²) in [5, 5.41) is 2.57. The van der Waals surface area contributed by atoms with Crippen molar-refractivity contribution in [1.82, 2.24) is 0 Å². The van der Waals surface area contributed by atoms with Gasteiger partial charge in [-0.1, -0.05) is 12.1 Å². The number of nitrogens with zero attached hydrogens (tertiary/aromatic N) is 1. The molecule has 0 unspecified atom stereocenters. The molecule has 2 aromatic rings. The number of allylic oxidation sites excluding steroid dienone is 2. The van der Waals surface area contributed by atoms with Gasteiger partial charge in [0.05, 0.1) is 19.8 Å². The number of amides is 1. The maximum absolute atomic E-state index is 12.8. The van der Waals surface area contributed by atoms with Gasteiger partial charge in [0.2, 0.25) is 0 Å². The number of alkyl halides is 3. The number of ether oxygens (including phenoxy) is 3. The summed E-state index contributed by atoms with van der Waals surface area (Å²) in [7, 11) is 2.34. The first kappa shape index (κ1) is 25.1. The quantitative estimate of drug-likeness (QED) is 0.605. The van der Waals surface area contributed by atoms with E-state index in [1.54, 1.807) is 18.2 Å². The molecule has 1 N–H and O–H groups in total. The third-order valence-electron chi connectivity index (χ3n) is 4.62. The molecule has 35 heavy (non-hydrogen) atoms. The van der Waals surface area contributed by atoms with Gasteiger partial charge in [0.1, 0.15) is 11.4 Å². The monoisotopic (exact) mass is 488 g/mol. The number of anilines is 2. The van der Waals surface area contributed by atoms with Crippen LogP contribution in [0.25, 0.3) is 0 Å². The molecule has 0 spiro atoms. The number of methoxy groups -OCH3 is 2. The van der Waals surface area contributed by atoms with Crippen molar-refractivity contribution in [2.45, 2.75) is 6.36 Å². The number of hydrogen-bond donors (Lipinski definition) is 1. The second kappa shape index (κ2) is 10.6. The molecular formula is C24H19F3N2O6. The van der Waals surface area contributed by atoms with E-state index in [9.17, 15) is 27.6 Å². The molecule has 0 saturated carbocycles. The molecule has 0 bridgehead atoms. The van der Waals surface area contributed by atoms with E-state index in [1.807, 2.05) is 0 Å². The number of esters is 2. The maximum Gasteiger partial charge on any atom is 0.573 e. The number of halogens is 3. The number of nitrogens with one attached hydrogen (secondary N) is 1. The Morgan fingerprint density at radius 3 is 2.23 bits per heavy atom. The largest absolute Gasteiger partial charge is 0.573 e. The van der Waals surface area contributed by atoms with E-state index >= 15 is 0 Å². The summed E-state index contributed by atoms with van der Waals surface area (Å²) in [6.45, 7) is 0. The molecule has 11 heteroatoms. The molecule has 3 rings (SSSR count). The fraction of sp³-hybridized carbons (Fsp3) is 0.125. The van der Waals surface area contributed by atoms with Crippen molar-refractivity contribution in [2.24, 2.45) is 0 Å². The predicted molar refractivity (Wildman–Crippen MR) is 119 cm³/mol. The second-order valence-electron chi connectivity index (χ2n) is 6.89. The summed E-state index contributed by atoms with van der Waals surface area (Å²) in [5.41, 5.74) is 0.584. The van der Waals surface area contributed by atoms with E-state index in [-0.39, 0.29) is 22.5 Å². The van der Waals surface area contributed by atoms with Crippen LogP contribution >= 0.6 is 0 Å². The molecule has 8 nitrogen and oxygen atoms in total. The van der Waals surface area contributed by atoms with Crippen molar-refractivity contribution in [3.05, 3.63) is 89.8 Å². The fourth-order valence-corrected chi connectivity index (χ4v) is 3.11. The lowest BCUT2D eigenvalue weighted by Gasteiger charge is -2.23. The number of carbonyl (C=O) groups excluding carboxylic acids is 3. The van der Waals surface area contributed by atoms with Crippen LogP contribution < -0.4 is 15.0 Å². The van der Waals surface area contributed by atoms with Crippen LogP contribution in [-0.4, -0.2) is 38.4 Å². The summed E-state index contributed by atoms with van der Waals surface area (Å²) in [5.74, 6) is -2.56. The lowest BCUT2D eigenvalue weighted by Crippen LogP contribution is -2.27. The van der Waals surface area contributed by atoms with Gasteiger partial charge in [0, 0.05) is 23.1 Å². The Balaban J connectivity index is 1.89. The molecule has 0 aromatic heterocycles. The lowest BCUT2D eigenvalue weighted by molar-refractivity contribution is -0.274. The number of benzene rings is 2. The zero-order valence-corrected chi connectivity index (χ0v) is 18.5. The Bertz CT molecular complexity index is 1220. The van der Waals surface area contributed by atoms with Crippen molar-refractivity contribution in [2.75, 3.05) is 24.4 Å². The van der Waals surface area contributed by atoms with Crippen LogP contribution in [0.1, 0.15) is 10.4 Å². The van der Waals surface area contributed by atoms with Crippen LogP contribution in [0.3, 0.4) is 0 Å². The Morgan fingerprint density at radius 1 is 0.914 bits per heavy atom. The SMILES string of the molecule is COC(=O)C1=C(C(=O)OC)N(c2cccc(C(=O)Nc3ccc(OC(F)(F)F)cc3)c2)C=CC=C1. The molecule has 0 saturated heterocycles. The second-order valence-corrected chi connectivity index (χ2v) is 6.89. The van der Waals surface area contributed by atoms with E-state index in [4.69, 9.17) is 9.47 Å².